The van der Waals surface area contributed by atoms with Crippen LogP contribution in [0.1, 0.15) is 22.2 Å². The summed E-state index contributed by atoms with van der Waals surface area (Å²) in [5, 5.41) is 3.29. The van der Waals surface area contributed by atoms with Crippen LogP contribution in [0.15, 0.2) is 29.2 Å². The van der Waals surface area contributed by atoms with E-state index in [4.69, 9.17) is 23.2 Å². The van der Waals surface area contributed by atoms with Gasteiger partial charge in [-0.05, 0) is 37.5 Å². The van der Waals surface area contributed by atoms with Gasteiger partial charge in [-0.15, -0.1) is 11.8 Å². The molecular weight excluding hydrogens is 347 g/mol. The molecule has 2 aromatic rings. The summed E-state index contributed by atoms with van der Waals surface area (Å²) in [7, 11) is 0. The summed E-state index contributed by atoms with van der Waals surface area (Å²) < 4.78 is 3.86. The van der Waals surface area contributed by atoms with Gasteiger partial charge in [0.15, 0.2) is 5.15 Å². The zero-order valence-electron chi connectivity index (χ0n) is 11.5. The quantitative estimate of drug-likeness (QED) is 0.787. The fourth-order valence-electron chi connectivity index (χ4n) is 1.59. The van der Waals surface area contributed by atoms with Gasteiger partial charge in [-0.1, -0.05) is 40.9 Å². The number of aromatic nitrogens is 1. The molecule has 3 nitrogen and oxygen atoms in total. The molecular formula is C14H14Cl2N2OS2. The van der Waals surface area contributed by atoms with Crippen molar-refractivity contribution in [3.63, 3.8) is 0 Å². The highest BCUT2D eigenvalue weighted by atomic mass is 35.5. The Hall–Kier alpha value is -0.750. The van der Waals surface area contributed by atoms with Crippen molar-refractivity contribution in [1.29, 1.82) is 0 Å². The maximum atomic E-state index is 12.1. The van der Waals surface area contributed by atoms with Crippen LogP contribution in [0.3, 0.4) is 0 Å². The van der Waals surface area contributed by atoms with Crippen molar-refractivity contribution in [2.24, 2.45) is 0 Å². The van der Waals surface area contributed by atoms with E-state index in [1.807, 2.05) is 6.92 Å². The Morgan fingerprint density at radius 1 is 1.38 bits per heavy atom. The van der Waals surface area contributed by atoms with E-state index in [1.165, 1.54) is 10.5 Å². The number of hydrogen-bond donors (Lipinski definition) is 1. The molecule has 1 aromatic carbocycles. The summed E-state index contributed by atoms with van der Waals surface area (Å²) in [6.07, 6.45) is 0. The summed E-state index contributed by atoms with van der Waals surface area (Å²) in [5.41, 5.74) is 1.23. The first-order valence-corrected chi connectivity index (χ1v) is 8.80. The molecule has 0 saturated carbocycles. The molecule has 0 aliphatic heterocycles. The van der Waals surface area contributed by atoms with Crippen LogP contribution < -0.4 is 5.32 Å². The molecule has 0 spiro atoms. The largest absolute Gasteiger partial charge is 0.348 e. The Labute approximate surface area is 142 Å². The third-order valence-electron chi connectivity index (χ3n) is 2.70. The van der Waals surface area contributed by atoms with E-state index in [-0.39, 0.29) is 22.1 Å². The van der Waals surface area contributed by atoms with E-state index in [9.17, 15) is 4.79 Å². The molecule has 2 rings (SSSR count). The normalized spacial score (nSPS) is 12.2. The fraction of sp³-hybridized carbons (Fsp3) is 0.286. The van der Waals surface area contributed by atoms with Crippen LogP contribution in [0.25, 0.3) is 0 Å². The third-order valence-corrected chi connectivity index (χ3v) is 5.77. The topological polar surface area (TPSA) is 42.0 Å². The Morgan fingerprint density at radius 3 is 2.62 bits per heavy atom. The Kier molecular flexibility index (Phi) is 5.93. The van der Waals surface area contributed by atoms with Crippen LogP contribution in [0.4, 0.5) is 0 Å². The van der Waals surface area contributed by atoms with E-state index in [0.717, 1.165) is 17.3 Å². The number of benzene rings is 1. The van der Waals surface area contributed by atoms with Crippen molar-refractivity contribution in [3.05, 3.63) is 44.9 Å². The van der Waals surface area contributed by atoms with Gasteiger partial charge in [-0.25, -0.2) is 0 Å². The molecule has 0 radical (unpaired) electrons. The second-order valence-corrected chi connectivity index (χ2v) is 7.22. The number of carbonyl (C=O) groups is 1. The standard InChI is InChI=1S/C14H14Cl2N2OS2/c1-8-3-5-10(6-4-8)20-7-9(2)17-14(19)12-11(15)13(16)18-21-12/h3-6,9H,7H2,1-2H3,(H,17,19). The van der Waals surface area contributed by atoms with E-state index < -0.39 is 0 Å². The molecule has 0 aliphatic rings. The van der Waals surface area contributed by atoms with Crippen molar-refractivity contribution in [2.75, 3.05) is 5.75 Å². The lowest BCUT2D eigenvalue weighted by molar-refractivity contribution is 0.0948. The first kappa shape index (κ1) is 16.6. The zero-order valence-corrected chi connectivity index (χ0v) is 14.7. The van der Waals surface area contributed by atoms with Crippen LogP contribution in [-0.4, -0.2) is 22.1 Å². The van der Waals surface area contributed by atoms with E-state index in [2.05, 4.69) is 40.9 Å². The minimum absolute atomic E-state index is 0.0146. The molecule has 1 N–H and O–H groups in total. The second-order valence-electron chi connectivity index (χ2n) is 4.62. The average Bonchev–Trinajstić information content (AvgIpc) is 2.78. The van der Waals surface area contributed by atoms with E-state index >= 15 is 0 Å². The molecule has 112 valence electrons. The third kappa shape index (κ3) is 4.61. The van der Waals surface area contributed by atoms with Crippen molar-refractivity contribution < 1.29 is 4.79 Å². The second kappa shape index (κ2) is 7.49. The SMILES string of the molecule is Cc1ccc(SCC(C)NC(=O)c2snc(Cl)c2Cl)cc1. The molecule has 0 bridgehead atoms. The molecule has 0 fully saturated rings. The number of amides is 1. The maximum Gasteiger partial charge on any atom is 0.264 e. The lowest BCUT2D eigenvalue weighted by atomic mass is 10.2. The smallest absolute Gasteiger partial charge is 0.264 e. The maximum absolute atomic E-state index is 12.1. The first-order valence-electron chi connectivity index (χ1n) is 6.28. The number of hydrogen-bond acceptors (Lipinski definition) is 4. The highest BCUT2D eigenvalue weighted by Gasteiger charge is 2.18. The van der Waals surface area contributed by atoms with Gasteiger partial charge < -0.3 is 5.32 Å². The summed E-state index contributed by atoms with van der Waals surface area (Å²) in [6.45, 7) is 4.01. The molecule has 1 heterocycles. The summed E-state index contributed by atoms with van der Waals surface area (Å²) in [6, 6.07) is 8.32. The number of halogens is 2. The number of aryl methyl sites for hydroxylation is 1. The zero-order chi connectivity index (χ0) is 15.4. The van der Waals surface area contributed by atoms with Crippen molar-refractivity contribution in [2.45, 2.75) is 24.8 Å². The molecule has 7 heteroatoms. The van der Waals surface area contributed by atoms with Crippen molar-refractivity contribution in [3.8, 4) is 0 Å². The lowest BCUT2D eigenvalue weighted by Gasteiger charge is -2.13. The van der Waals surface area contributed by atoms with Gasteiger partial charge in [0.2, 0.25) is 0 Å². The minimum Gasteiger partial charge on any atom is -0.348 e. The van der Waals surface area contributed by atoms with Gasteiger partial charge in [0.25, 0.3) is 5.91 Å². The summed E-state index contributed by atoms with van der Waals surface area (Å²) in [4.78, 5) is 13.6. The molecule has 21 heavy (non-hydrogen) atoms. The van der Waals surface area contributed by atoms with Gasteiger partial charge >= 0.3 is 0 Å². The van der Waals surface area contributed by atoms with Crippen LogP contribution in [0.2, 0.25) is 10.2 Å². The van der Waals surface area contributed by atoms with Gasteiger partial charge in [0.1, 0.15) is 9.90 Å². The molecule has 0 saturated heterocycles. The van der Waals surface area contributed by atoms with Crippen LogP contribution in [0, 0.1) is 6.92 Å². The Balaban J connectivity index is 1.87. The summed E-state index contributed by atoms with van der Waals surface area (Å²) in [5.74, 6) is 0.542. The van der Waals surface area contributed by atoms with Gasteiger partial charge in [0.05, 0.1) is 0 Å². The number of rotatable bonds is 5. The van der Waals surface area contributed by atoms with Crippen molar-refractivity contribution in [1.82, 2.24) is 9.69 Å². The Bertz CT molecular complexity index is 628. The van der Waals surface area contributed by atoms with E-state index in [1.54, 1.807) is 11.8 Å². The summed E-state index contributed by atoms with van der Waals surface area (Å²) >= 11 is 14.4. The molecule has 1 aromatic heterocycles. The monoisotopic (exact) mass is 360 g/mol. The van der Waals surface area contributed by atoms with Crippen molar-refractivity contribution >= 4 is 52.4 Å². The first-order chi connectivity index (χ1) is 9.97. The van der Waals surface area contributed by atoms with Gasteiger partial charge in [-0.3, -0.25) is 4.79 Å². The highest BCUT2D eigenvalue weighted by molar-refractivity contribution is 7.99. The number of nitrogens with one attached hydrogen (secondary N) is 1. The number of nitrogens with zero attached hydrogens (tertiary/aromatic N) is 1. The lowest BCUT2D eigenvalue weighted by Crippen LogP contribution is -2.33. The van der Waals surface area contributed by atoms with E-state index in [0.29, 0.717) is 4.88 Å². The Morgan fingerprint density at radius 2 is 2.05 bits per heavy atom. The molecule has 1 amide bonds. The predicted octanol–water partition coefficient (Wildman–Crippen LogP) is 4.67. The number of carbonyl (C=O) groups excluding carboxylic acids is 1. The molecule has 1 atom stereocenters. The van der Waals surface area contributed by atoms with Crippen LogP contribution >= 0.6 is 46.5 Å². The highest BCUT2D eigenvalue weighted by Crippen LogP contribution is 2.28. The minimum atomic E-state index is -0.235. The van der Waals surface area contributed by atoms with Gasteiger partial charge in [-0.2, -0.15) is 4.37 Å². The van der Waals surface area contributed by atoms with Crippen LogP contribution in [-0.2, 0) is 0 Å². The van der Waals surface area contributed by atoms with Gasteiger partial charge in [0, 0.05) is 16.7 Å². The molecule has 1 unspecified atom stereocenters. The van der Waals surface area contributed by atoms with Crippen LogP contribution in [0.5, 0.6) is 0 Å². The number of thioether (sulfide) groups is 1. The average molecular weight is 361 g/mol. The predicted molar refractivity (Wildman–Crippen MR) is 91.0 cm³/mol. The fourth-order valence-corrected chi connectivity index (χ4v) is 3.56. The molecule has 0 aliphatic carbocycles.